The van der Waals surface area contributed by atoms with E-state index in [-0.39, 0.29) is 17.6 Å². The molecule has 2 N–H and O–H groups in total. The number of piperazine rings is 1. The predicted molar refractivity (Wildman–Crippen MR) is 116 cm³/mol. The Bertz CT molecular complexity index is 738. The molecule has 1 saturated heterocycles. The molecule has 3 rings (SSSR count). The van der Waals surface area contributed by atoms with E-state index in [9.17, 15) is 14.9 Å². The lowest BCUT2D eigenvalue weighted by atomic mass is 9.87. The van der Waals surface area contributed by atoms with Crippen LogP contribution < -0.4 is 15.5 Å². The second-order valence-corrected chi connectivity index (χ2v) is 8.25. The molecule has 29 heavy (non-hydrogen) atoms. The van der Waals surface area contributed by atoms with Crippen molar-refractivity contribution < 1.29 is 9.72 Å². The van der Waals surface area contributed by atoms with Crippen LogP contribution in [0.25, 0.3) is 0 Å². The van der Waals surface area contributed by atoms with Gasteiger partial charge in [-0.3, -0.25) is 14.9 Å². The van der Waals surface area contributed by atoms with E-state index in [0.29, 0.717) is 17.2 Å². The molecule has 0 spiro atoms. The Hall–Kier alpha value is -2.35. The van der Waals surface area contributed by atoms with Crippen LogP contribution in [0.4, 0.5) is 17.1 Å². The fourth-order valence-electron chi connectivity index (χ4n) is 4.34. The van der Waals surface area contributed by atoms with Gasteiger partial charge in [0.2, 0.25) is 0 Å². The third-order valence-electron chi connectivity index (χ3n) is 6.34. The van der Waals surface area contributed by atoms with Gasteiger partial charge in [0, 0.05) is 45.3 Å². The molecule has 0 aromatic heterocycles. The van der Waals surface area contributed by atoms with Gasteiger partial charge in [-0.25, -0.2) is 0 Å². The van der Waals surface area contributed by atoms with Gasteiger partial charge in [0.25, 0.3) is 11.6 Å². The largest absolute Gasteiger partial charge is 0.383 e. The fourth-order valence-corrected chi connectivity index (χ4v) is 4.34. The zero-order chi connectivity index (χ0) is 21.0. The number of nitro benzene ring substituents is 1. The van der Waals surface area contributed by atoms with E-state index in [1.165, 1.54) is 6.07 Å². The quantitative estimate of drug-likeness (QED) is 0.560. The number of anilines is 2. The van der Waals surface area contributed by atoms with Crippen molar-refractivity contribution in [2.24, 2.45) is 5.92 Å². The molecule has 0 unspecified atom stereocenters. The number of nitro groups is 1. The number of rotatable bonds is 6. The van der Waals surface area contributed by atoms with Crippen LogP contribution in [0.3, 0.4) is 0 Å². The minimum Gasteiger partial charge on any atom is -0.383 e. The smallest absolute Gasteiger partial charge is 0.293 e. The highest BCUT2D eigenvalue weighted by atomic mass is 16.6. The average Bonchev–Trinajstić information content (AvgIpc) is 2.74. The van der Waals surface area contributed by atoms with E-state index in [1.54, 1.807) is 13.1 Å². The summed E-state index contributed by atoms with van der Waals surface area (Å²) in [4.78, 5) is 28.8. The van der Waals surface area contributed by atoms with Crippen LogP contribution in [-0.4, -0.2) is 61.5 Å². The van der Waals surface area contributed by atoms with Crippen molar-refractivity contribution in [3.63, 3.8) is 0 Å². The molecule has 2 fully saturated rings. The van der Waals surface area contributed by atoms with Crippen LogP contribution in [0.2, 0.25) is 0 Å². The molecule has 2 aliphatic rings. The maximum absolute atomic E-state index is 13.2. The molecule has 1 amide bonds. The number of amides is 1. The zero-order valence-corrected chi connectivity index (χ0v) is 17.7. The third-order valence-corrected chi connectivity index (χ3v) is 6.34. The Morgan fingerprint density at radius 2 is 1.83 bits per heavy atom. The Morgan fingerprint density at radius 3 is 2.38 bits per heavy atom. The van der Waals surface area contributed by atoms with E-state index in [4.69, 9.17) is 0 Å². The van der Waals surface area contributed by atoms with Gasteiger partial charge in [0.05, 0.1) is 16.2 Å². The summed E-state index contributed by atoms with van der Waals surface area (Å²) in [5.74, 6) is 0.493. The number of likely N-dealkylation sites (N-methyl/N-ethyl adjacent to an activating group) is 1. The summed E-state index contributed by atoms with van der Waals surface area (Å²) in [6, 6.07) is 3.35. The van der Waals surface area contributed by atoms with Crippen molar-refractivity contribution in [3.8, 4) is 0 Å². The van der Waals surface area contributed by atoms with E-state index in [1.807, 2.05) is 0 Å². The number of carbonyl (C=O) groups excluding carboxylic acids is 1. The Morgan fingerprint density at radius 1 is 1.17 bits per heavy atom. The summed E-state index contributed by atoms with van der Waals surface area (Å²) in [6.07, 6.45) is 4.15. The molecule has 8 heteroatoms. The molecule has 8 nitrogen and oxygen atoms in total. The average molecular weight is 404 g/mol. The lowest BCUT2D eigenvalue weighted by Gasteiger charge is -2.36. The molecular weight excluding hydrogens is 370 g/mol. The summed E-state index contributed by atoms with van der Waals surface area (Å²) >= 11 is 0. The van der Waals surface area contributed by atoms with Crippen molar-refractivity contribution in [1.82, 2.24) is 10.2 Å². The predicted octanol–water partition coefficient (Wildman–Crippen LogP) is 3.09. The van der Waals surface area contributed by atoms with Crippen molar-refractivity contribution in [1.29, 1.82) is 0 Å². The van der Waals surface area contributed by atoms with Crippen LogP contribution in [0.1, 0.15) is 49.9 Å². The van der Waals surface area contributed by atoms with Crippen molar-refractivity contribution in [2.45, 2.75) is 45.6 Å². The molecule has 1 saturated carbocycles. The SMILES string of the molecule is CCN1CCN(c2cc(NC)c([N+](=O)[O-])cc2C(=O)N[C@H]2CC[C@H](C)CC2)CC1. The summed E-state index contributed by atoms with van der Waals surface area (Å²) in [7, 11) is 1.67. The monoisotopic (exact) mass is 403 g/mol. The van der Waals surface area contributed by atoms with Gasteiger partial charge >= 0.3 is 0 Å². The van der Waals surface area contributed by atoms with Crippen molar-refractivity contribution >= 4 is 23.0 Å². The third kappa shape index (κ3) is 4.98. The zero-order valence-electron chi connectivity index (χ0n) is 17.7. The van der Waals surface area contributed by atoms with Gasteiger partial charge < -0.3 is 20.4 Å². The summed E-state index contributed by atoms with van der Waals surface area (Å²) in [5.41, 5.74) is 1.55. The number of benzene rings is 1. The van der Waals surface area contributed by atoms with Crippen LogP contribution in [0.15, 0.2) is 12.1 Å². The van der Waals surface area contributed by atoms with Crippen LogP contribution in [0, 0.1) is 16.0 Å². The van der Waals surface area contributed by atoms with E-state index in [0.717, 1.165) is 64.1 Å². The topological polar surface area (TPSA) is 90.8 Å². The summed E-state index contributed by atoms with van der Waals surface area (Å²) in [6.45, 7) is 8.83. The number of hydrogen-bond donors (Lipinski definition) is 2. The lowest BCUT2D eigenvalue weighted by Crippen LogP contribution is -2.47. The van der Waals surface area contributed by atoms with Gasteiger partial charge in [-0.15, -0.1) is 0 Å². The van der Waals surface area contributed by atoms with Gasteiger partial charge in [-0.05, 0) is 44.2 Å². The van der Waals surface area contributed by atoms with Crippen molar-refractivity contribution in [2.75, 3.05) is 50.0 Å². The number of nitrogens with zero attached hydrogens (tertiary/aromatic N) is 3. The highest BCUT2D eigenvalue weighted by Gasteiger charge is 2.28. The normalized spacial score (nSPS) is 22.9. The van der Waals surface area contributed by atoms with Gasteiger partial charge in [-0.2, -0.15) is 0 Å². The first-order valence-corrected chi connectivity index (χ1v) is 10.7. The number of carbonyl (C=O) groups is 1. The second-order valence-electron chi connectivity index (χ2n) is 8.25. The molecular formula is C21H33N5O3. The fraction of sp³-hybridized carbons (Fsp3) is 0.667. The molecule has 160 valence electrons. The highest BCUT2D eigenvalue weighted by molar-refractivity contribution is 6.02. The first-order valence-electron chi connectivity index (χ1n) is 10.7. The van der Waals surface area contributed by atoms with E-state index in [2.05, 4.69) is 34.3 Å². The Balaban J connectivity index is 1.89. The first-order chi connectivity index (χ1) is 13.9. The second kappa shape index (κ2) is 9.43. The van der Waals surface area contributed by atoms with E-state index < -0.39 is 4.92 Å². The number of hydrogen-bond acceptors (Lipinski definition) is 6. The minimum atomic E-state index is -0.427. The van der Waals surface area contributed by atoms with E-state index >= 15 is 0 Å². The first kappa shape index (κ1) is 21.4. The summed E-state index contributed by atoms with van der Waals surface area (Å²) in [5, 5.41) is 17.6. The van der Waals surface area contributed by atoms with Gasteiger partial charge in [0.15, 0.2) is 0 Å². The molecule has 1 heterocycles. The molecule has 0 bridgehead atoms. The molecule has 1 aromatic carbocycles. The maximum atomic E-state index is 13.2. The Kier molecular flexibility index (Phi) is 6.95. The Labute approximate surface area is 172 Å². The lowest BCUT2D eigenvalue weighted by molar-refractivity contribution is -0.383. The van der Waals surface area contributed by atoms with Crippen LogP contribution >= 0.6 is 0 Å². The molecule has 1 aromatic rings. The molecule has 0 atom stereocenters. The molecule has 1 aliphatic carbocycles. The maximum Gasteiger partial charge on any atom is 0.293 e. The highest BCUT2D eigenvalue weighted by Crippen LogP contribution is 2.34. The van der Waals surface area contributed by atoms with Gasteiger partial charge in [-0.1, -0.05) is 13.8 Å². The van der Waals surface area contributed by atoms with Crippen molar-refractivity contribution in [3.05, 3.63) is 27.8 Å². The number of nitrogens with one attached hydrogen (secondary N) is 2. The van der Waals surface area contributed by atoms with Crippen LogP contribution in [-0.2, 0) is 0 Å². The molecule has 1 aliphatic heterocycles. The van der Waals surface area contributed by atoms with Crippen LogP contribution in [0.5, 0.6) is 0 Å². The van der Waals surface area contributed by atoms with Gasteiger partial charge in [0.1, 0.15) is 5.69 Å². The standard InChI is InChI=1S/C21H33N5O3/c1-4-24-9-11-25(12-10-24)19-14-18(22-3)20(26(28)29)13-17(19)21(27)23-16-7-5-15(2)6-8-16/h13-16,22H,4-12H2,1-3H3,(H,23,27)/t15-,16-. The summed E-state index contributed by atoms with van der Waals surface area (Å²) < 4.78 is 0. The minimum absolute atomic E-state index is 0.0640. The molecule has 0 radical (unpaired) electrons.